The molecule has 2 atom stereocenters. The van der Waals surface area contributed by atoms with Crippen molar-refractivity contribution in [3.63, 3.8) is 0 Å². The summed E-state index contributed by atoms with van der Waals surface area (Å²) in [7, 11) is -3.64. The number of nitrogens with zero attached hydrogens (tertiary/aromatic N) is 4. The number of hydrogen-bond acceptors (Lipinski definition) is 9. The number of nitrogens with two attached hydrogens (primary N) is 1. The van der Waals surface area contributed by atoms with Gasteiger partial charge in [0.1, 0.15) is 35.6 Å². The zero-order valence-electron chi connectivity index (χ0n) is 30.3. The van der Waals surface area contributed by atoms with Crippen molar-refractivity contribution in [3.05, 3.63) is 25.0 Å². The third kappa shape index (κ3) is 8.18. The lowest BCUT2D eigenvalue weighted by Crippen LogP contribution is -2.54. The molecule has 2 heterocycles. The van der Waals surface area contributed by atoms with Gasteiger partial charge in [0.2, 0.25) is 7.44 Å². The Morgan fingerprint density at radius 1 is 0.939 bits per heavy atom. The number of ether oxygens (including phenoxy) is 3. The fraction of sp³-hybridized carbons (Fsp3) is 0.778. The molecular weight excluding hydrogens is 641 g/mol. The molecule has 1 unspecified atom stereocenters. The Hall–Kier alpha value is -2.53. The molecule has 4 saturated carbocycles. The number of anilines is 1. The Morgan fingerprint density at radius 2 is 1.49 bits per heavy atom. The zero-order valence-corrected chi connectivity index (χ0v) is 31.2. The second kappa shape index (κ2) is 13.9. The summed E-state index contributed by atoms with van der Waals surface area (Å²) in [6.07, 6.45) is 19.1. The van der Waals surface area contributed by atoms with Crippen LogP contribution < -0.4 is 15.9 Å². The maximum atomic E-state index is 14.9. The van der Waals surface area contributed by atoms with Crippen LogP contribution in [0.3, 0.4) is 0 Å². The number of aromatic nitrogens is 4. The normalized spacial score (nSPS) is 24.1. The predicted octanol–water partition coefficient (Wildman–Crippen LogP) is 7.00. The third-order valence-electron chi connectivity index (χ3n) is 11.6. The van der Waals surface area contributed by atoms with E-state index in [1.807, 2.05) is 25.3 Å². The Morgan fingerprint density at radius 3 is 2.08 bits per heavy atom. The van der Waals surface area contributed by atoms with Crippen LogP contribution in [0.4, 0.5) is 5.82 Å². The lowest BCUT2D eigenvalue weighted by atomic mass is 9.59. The lowest BCUT2D eigenvalue weighted by Gasteiger charge is -2.51. The van der Waals surface area contributed by atoms with E-state index in [0.717, 1.165) is 25.7 Å². The van der Waals surface area contributed by atoms with Gasteiger partial charge in [-0.2, -0.15) is 0 Å². The molecule has 12 nitrogen and oxygen atoms in total. The van der Waals surface area contributed by atoms with Crippen LogP contribution in [-0.2, 0) is 30.1 Å². The minimum absolute atomic E-state index is 0.0994. The van der Waals surface area contributed by atoms with E-state index in [-0.39, 0.29) is 24.7 Å². The van der Waals surface area contributed by atoms with Gasteiger partial charge >= 0.3 is 5.97 Å². The monoisotopic (exact) mass is 699 g/mol. The van der Waals surface area contributed by atoms with Crippen molar-refractivity contribution in [3.8, 4) is 0 Å². The minimum atomic E-state index is -3.64. The molecule has 0 bridgehead atoms. The van der Waals surface area contributed by atoms with E-state index in [2.05, 4.69) is 31.7 Å². The molecule has 4 fully saturated rings. The van der Waals surface area contributed by atoms with Crippen LogP contribution >= 0.6 is 7.44 Å². The minimum Gasteiger partial charge on any atom is -0.493 e. The molecule has 2 aromatic heterocycles. The molecule has 0 aromatic carbocycles. The lowest BCUT2D eigenvalue weighted by molar-refractivity contribution is -0.169. The van der Waals surface area contributed by atoms with Crippen molar-refractivity contribution in [1.82, 2.24) is 29.7 Å². The number of nitrogen functional groups attached to an aromatic ring is 1. The van der Waals surface area contributed by atoms with Crippen LogP contribution in [0, 0.1) is 10.8 Å². The summed E-state index contributed by atoms with van der Waals surface area (Å²) in [5.41, 5.74) is 5.70. The van der Waals surface area contributed by atoms with Gasteiger partial charge in [0.05, 0.1) is 30.6 Å². The number of carbonyl (C=O) groups is 1. The number of hydrogen-bond donors (Lipinski definition) is 3. The van der Waals surface area contributed by atoms with E-state index >= 15 is 0 Å². The highest BCUT2D eigenvalue weighted by Crippen LogP contribution is 2.54. The molecule has 49 heavy (non-hydrogen) atoms. The summed E-state index contributed by atoms with van der Waals surface area (Å²) < 4.78 is 35.4. The van der Waals surface area contributed by atoms with Crippen LogP contribution in [0.15, 0.2) is 25.0 Å². The molecule has 0 radical (unpaired) electrons. The van der Waals surface area contributed by atoms with E-state index < -0.39 is 24.5 Å². The number of fused-ring (bicyclic) bond motifs is 1. The molecule has 0 aliphatic heterocycles. The average Bonchev–Trinajstić information content (AvgIpc) is 3.42. The highest BCUT2D eigenvalue weighted by molar-refractivity contribution is 7.59. The molecular formula is C36H58N7O5P. The first-order chi connectivity index (χ1) is 23.1. The molecule has 6 rings (SSSR count). The average molecular weight is 700 g/mol. The van der Waals surface area contributed by atoms with Gasteiger partial charge < -0.3 is 24.5 Å². The molecule has 4 N–H and O–H groups in total. The van der Waals surface area contributed by atoms with Gasteiger partial charge in [0.15, 0.2) is 11.5 Å². The van der Waals surface area contributed by atoms with E-state index in [9.17, 15) is 9.36 Å². The first-order valence-corrected chi connectivity index (χ1v) is 20.3. The maximum Gasteiger partial charge on any atom is 0.326 e. The molecule has 4 aliphatic carbocycles. The third-order valence-corrected chi connectivity index (χ3v) is 14.0. The fourth-order valence-electron chi connectivity index (χ4n) is 8.74. The van der Waals surface area contributed by atoms with Crippen molar-refractivity contribution in [2.75, 3.05) is 12.1 Å². The number of rotatable bonds is 14. The quantitative estimate of drug-likeness (QED) is 0.106. The Bertz CT molecular complexity index is 1480. The molecule has 2 spiro atoms. The van der Waals surface area contributed by atoms with E-state index in [1.54, 1.807) is 20.2 Å². The predicted molar refractivity (Wildman–Crippen MR) is 191 cm³/mol. The molecule has 4 aliphatic rings. The van der Waals surface area contributed by atoms with Gasteiger partial charge in [-0.3, -0.25) is 9.36 Å². The highest BCUT2D eigenvalue weighted by Gasteiger charge is 2.50. The highest BCUT2D eigenvalue weighted by atomic mass is 31.2. The first kappa shape index (κ1) is 36.3. The fourth-order valence-corrected chi connectivity index (χ4v) is 11.4. The molecule has 0 amide bonds. The van der Waals surface area contributed by atoms with Crippen LogP contribution in [0.1, 0.15) is 125 Å². The standard InChI is InChI=1S/C36H58N7O5P/c1-25(21-43-23-40-29-30(37)38-22-39-31(29)43)46-24-49(45,41-33(3,4)26(2)47-27-17-35(18-27)13-9-7-10-14-35)42-34(5,6)32(44)48-28-19-36(20-28)15-11-8-12-16-36/h22-23,25,27-28H,2,7-21,24H2,1,3-6H3,(H2,37,38,39)(H2,41,42,45)/t25-,49?/m1/s1. The Labute approximate surface area is 291 Å². The number of imidazole rings is 1. The van der Waals surface area contributed by atoms with Crippen molar-refractivity contribution in [2.45, 2.75) is 160 Å². The summed E-state index contributed by atoms with van der Waals surface area (Å²) >= 11 is 0. The Kier molecular flexibility index (Phi) is 10.3. The Balaban J connectivity index is 1.11. The van der Waals surface area contributed by atoms with Crippen LogP contribution in [0.2, 0.25) is 0 Å². The topological polar surface area (TPSA) is 156 Å². The second-order valence-corrected chi connectivity index (χ2v) is 19.0. The van der Waals surface area contributed by atoms with Crippen LogP contribution in [-0.4, -0.2) is 61.2 Å². The van der Waals surface area contributed by atoms with Crippen molar-refractivity contribution in [1.29, 1.82) is 0 Å². The molecule has 2 aromatic rings. The zero-order chi connectivity index (χ0) is 35.1. The molecule has 0 saturated heterocycles. The second-order valence-electron chi connectivity index (χ2n) is 16.8. The molecule has 272 valence electrons. The van der Waals surface area contributed by atoms with Crippen molar-refractivity contribution < 1.29 is 23.6 Å². The summed E-state index contributed by atoms with van der Waals surface area (Å²) in [5.74, 6) is 0.411. The van der Waals surface area contributed by atoms with Crippen molar-refractivity contribution in [2.24, 2.45) is 10.8 Å². The van der Waals surface area contributed by atoms with Crippen LogP contribution in [0.5, 0.6) is 0 Å². The van der Waals surface area contributed by atoms with Gasteiger partial charge in [-0.15, -0.1) is 0 Å². The number of esters is 1. The molecule has 13 heteroatoms. The maximum absolute atomic E-state index is 14.9. The SMILES string of the molecule is C=C(OC1CC2(CCCCC2)C1)C(C)(C)NP(=O)(CO[C@H](C)Cn1cnc2c(N)ncnc21)NC(C)(C)C(=O)OC1CC2(CCCCC2)C1. The van der Waals surface area contributed by atoms with Crippen LogP contribution in [0.25, 0.3) is 11.2 Å². The summed E-state index contributed by atoms with van der Waals surface area (Å²) in [6.45, 7) is 13.8. The summed E-state index contributed by atoms with van der Waals surface area (Å²) in [5, 5.41) is 6.49. The van der Waals surface area contributed by atoms with Gasteiger partial charge in [0, 0.05) is 0 Å². The van der Waals surface area contributed by atoms with Crippen molar-refractivity contribution >= 4 is 30.4 Å². The van der Waals surface area contributed by atoms with E-state index in [4.69, 9.17) is 19.9 Å². The van der Waals surface area contributed by atoms with E-state index in [0.29, 0.717) is 40.1 Å². The largest absolute Gasteiger partial charge is 0.493 e. The smallest absolute Gasteiger partial charge is 0.326 e. The number of carbonyl (C=O) groups excluding carboxylic acids is 1. The summed E-state index contributed by atoms with van der Waals surface area (Å²) in [4.78, 5) is 26.3. The van der Waals surface area contributed by atoms with Gasteiger partial charge in [-0.05, 0) is 96.8 Å². The van der Waals surface area contributed by atoms with Gasteiger partial charge in [0.25, 0.3) is 0 Å². The van der Waals surface area contributed by atoms with Gasteiger partial charge in [-0.1, -0.05) is 45.1 Å². The first-order valence-electron chi connectivity index (χ1n) is 18.4. The van der Waals surface area contributed by atoms with Gasteiger partial charge in [-0.25, -0.2) is 25.1 Å². The van der Waals surface area contributed by atoms with E-state index in [1.165, 1.54) is 70.5 Å². The number of nitrogens with one attached hydrogen (secondary N) is 2. The summed E-state index contributed by atoms with van der Waals surface area (Å²) in [6, 6.07) is 0.